The molecule has 0 spiro atoms. The van der Waals surface area contributed by atoms with Gasteiger partial charge in [0, 0.05) is 12.6 Å². The number of anilines is 2. The highest BCUT2D eigenvalue weighted by Crippen LogP contribution is 2.21. The van der Waals surface area contributed by atoms with Crippen molar-refractivity contribution in [2.75, 3.05) is 18.5 Å². The van der Waals surface area contributed by atoms with Crippen LogP contribution in [0.5, 0.6) is 0 Å². The topological polar surface area (TPSA) is 92.6 Å². The van der Waals surface area contributed by atoms with E-state index < -0.39 is 11.7 Å². The van der Waals surface area contributed by atoms with Crippen LogP contribution in [-0.4, -0.2) is 36.6 Å². The molecule has 0 unspecified atom stereocenters. The molecule has 0 radical (unpaired) electrons. The van der Waals surface area contributed by atoms with Gasteiger partial charge >= 0.3 is 0 Å². The first-order chi connectivity index (χ1) is 12.0. The molecular weight excluding hydrogens is 328 g/mol. The van der Waals surface area contributed by atoms with Gasteiger partial charge in [0.2, 0.25) is 0 Å². The van der Waals surface area contributed by atoms with Crippen LogP contribution in [0.25, 0.3) is 0 Å². The minimum absolute atomic E-state index is 0.0749. The summed E-state index contributed by atoms with van der Waals surface area (Å²) in [6, 6.07) is 7.18. The average molecular weight is 347 g/mol. The summed E-state index contributed by atoms with van der Waals surface area (Å²) in [4.78, 5) is 29.2. The molecule has 1 aromatic carbocycles. The molecule has 25 heavy (non-hydrogen) atoms. The Morgan fingerprint density at radius 3 is 2.76 bits per heavy atom. The van der Waals surface area contributed by atoms with Gasteiger partial charge in [-0.05, 0) is 25.1 Å². The summed E-state index contributed by atoms with van der Waals surface area (Å²) < 4.78 is 15.5. The Hall–Kier alpha value is -2.65. The van der Waals surface area contributed by atoms with Crippen molar-refractivity contribution >= 4 is 30.7 Å². The second kappa shape index (κ2) is 8.45. The van der Waals surface area contributed by atoms with E-state index in [0.717, 1.165) is 5.46 Å². The molecular formula is C16H19BFN3O4. The number of nitrogens with zero attached hydrogens (tertiary/aromatic N) is 1. The number of hydroxylamine groups is 1. The summed E-state index contributed by atoms with van der Waals surface area (Å²) in [7, 11) is 1.76. The molecule has 7 nitrogen and oxygen atoms in total. The van der Waals surface area contributed by atoms with E-state index in [-0.39, 0.29) is 42.4 Å². The number of carbonyl (C=O) groups excluding carboxylic acids is 1. The zero-order valence-electron chi connectivity index (χ0n) is 14.0. The van der Waals surface area contributed by atoms with Gasteiger partial charge < -0.3 is 10.4 Å². The van der Waals surface area contributed by atoms with Gasteiger partial charge in [-0.1, -0.05) is 11.5 Å². The fourth-order valence-electron chi connectivity index (χ4n) is 2.28. The van der Waals surface area contributed by atoms with E-state index in [4.69, 9.17) is 9.94 Å². The van der Waals surface area contributed by atoms with Gasteiger partial charge in [0.15, 0.2) is 0 Å². The minimum atomic E-state index is -0.620. The average Bonchev–Trinajstić information content (AvgIpc) is 2.57. The van der Waals surface area contributed by atoms with Gasteiger partial charge in [-0.3, -0.25) is 19.0 Å². The number of benzene rings is 1. The predicted molar refractivity (Wildman–Crippen MR) is 94.7 cm³/mol. The Labute approximate surface area is 144 Å². The standard InChI is InChI=1S/C16H19BFN3O4/c1-2-21-14(23)6-4-11(16(24)20-25-8-7-22)15(21)19-13-5-3-10(17)9-12(13)18/h3-6,9,19,22H,2,7-8,17H2,1H3,(H,20,24). The van der Waals surface area contributed by atoms with E-state index in [1.165, 1.54) is 28.8 Å². The number of rotatable bonds is 7. The summed E-state index contributed by atoms with van der Waals surface area (Å²) in [6.07, 6.45) is 0. The smallest absolute Gasteiger partial charge is 0.278 e. The maximum absolute atomic E-state index is 14.2. The van der Waals surface area contributed by atoms with Gasteiger partial charge in [-0.2, -0.15) is 0 Å². The highest BCUT2D eigenvalue weighted by atomic mass is 19.1. The third-order valence-electron chi connectivity index (χ3n) is 3.48. The largest absolute Gasteiger partial charge is 0.394 e. The van der Waals surface area contributed by atoms with Gasteiger partial charge in [0.05, 0.1) is 24.5 Å². The van der Waals surface area contributed by atoms with Crippen molar-refractivity contribution < 1.29 is 19.1 Å². The van der Waals surface area contributed by atoms with E-state index >= 15 is 0 Å². The van der Waals surface area contributed by atoms with E-state index in [9.17, 15) is 14.0 Å². The number of aromatic nitrogens is 1. The van der Waals surface area contributed by atoms with Crippen molar-refractivity contribution in [2.45, 2.75) is 13.5 Å². The van der Waals surface area contributed by atoms with Crippen LogP contribution in [0.2, 0.25) is 0 Å². The van der Waals surface area contributed by atoms with Crippen molar-refractivity contribution in [3.63, 3.8) is 0 Å². The van der Waals surface area contributed by atoms with Crippen LogP contribution < -0.4 is 21.8 Å². The number of aliphatic hydroxyl groups excluding tert-OH is 1. The first-order valence-electron chi connectivity index (χ1n) is 7.78. The Bertz CT molecular complexity index is 826. The quantitative estimate of drug-likeness (QED) is 0.362. The molecule has 0 aliphatic heterocycles. The highest BCUT2D eigenvalue weighted by molar-refractivity contribution is 6.32. The monoisotopic (exact) mass is 347 g/mol. The molecule has 0 aliphatic rings. The van der Waals surface area contributed by atoms with E-state index in [2.05, 4.69) is 10.8 Å². The second-order valence-electron chi connectivity index (χ2n) is 5.29. The van der Waals surface area contributed by atoms with Crippen LogP contribution in [0.15, 0.2) is 35.1 Å². The Morgan fingerprint density at radius 1 is 1.36 bits per heavy atom. The third-order valence-corrected chi connectivity index (χ3v) is 3.48. The molecule has 0 aliphatic carbocycles. The SMILES string of the molecule is Bc1ccc(Nc2c(C(=O)NOCCO)ccc(=O)n2CC)c(F)c1. The molecule has 0 fully saturated rings. The first kappa shape index (κ1) is 18.7. The number of pyridine rings is 1. The van der Waals surface area contributed by atoms with Crippen LogP contribution >= 0.6 is 0 Å². The van der Waals surface area contributed by atoms with Crippen LogP contribution in [0, 0.1) is 5.82 Å². The molecule has 1 amide bonds. The molecule has 0 bridgehead atoms. The molecule has 0 saturated carbocycles. The van der Waals surface area contributed by atoms with Crippen molar-refractivity contribution in [1.29, 1.82) is 0 Å². The Kier molecular flexibility index (Phi) is 6.32. The number of aliphatic hydroxyl groups is 1. The molecule has 2 aromatic rings. The van der Waals surface area contributed by atoms with Crippen LogP contribution in [0.1, 0.15) is 17.3 Å². The third kappa shape index (κ3) is 4.46. The van der Waals surface area contributed by atoms with Gasteiger partial charge in [-0.15, -0.1) is 0 Å². The minimum Gasteiger partial charge on any atom is -0.394 e. The highest BCUT2D eigenvalue weighted by Gasteiger charge is 2.17. The van der Waals surface area contributed by atoms with Crippen LogP contribution in [-0.2, 0) is 11.4 Å². The lowest BCUT2D eigenvalue weighted by Crippen LogP contribution is -2.30. The van der Waals surface area contributed by atoms with Crippen LogP contribution in [0.4, 0.5) is 15.9 Å². The number of amides is 1. The van der Waals surface area contributed by atoms with Crippen molar-refractivity contribution in [2.24, 2.45) is 0 Å². The zero-order valence-corrected chi connectivity index (χ0v) is 14.0. The summed E-state index contributed by atoms with van der Waals surface area (Å²) >= 11 is 0. The number of hydrogen-bond acceptors (Lipinski definition) is 5. The lowest BCUT2D eigenvalue weighted by Gasteiger charge is -2.17. The summed E-state index contributed by atoms with van der Waals surface area (Å²) in [5, 5.41) is 11.5. The number of nitrogens with one attached hydrogen (secondary N) is 2. The number of hydrogen-bond donors (Lipinski definition) is 3. The summed E-state index contributed by atoms with van der Waals surface area (Å²) in [6.45, 7) is 1.69. The molecule has 1 heterocycles. The van der Waals surface area contributed by atoms with Gasteiger partial charge in [0.25, 0.3) is 11.5 Å². The zero-order chi connectivity index (χ0) is 18.4. The van der Waals surface area contributed by atoms with Crippen LogP contribution in [0.3, 0.4) is 0 Å². The molecule has 9 heteroatoms. The molecule has 132 valence electrons. The summed E-state index contributed by atoms with van der Waals surface area (Å²) in [5.41, 5.74) is 2.85. The van der Waals surface area contributed by atoms with E-state index in [1.54, 1.807) is 20.8 Å². The normalized spacial score (nSPS) is 10.5. The number of carbonyl (C=O) groups is 1. The molecule has 1 aromatic heterocycles. The second-order valence-corrected chi connectivity index (χ2v) is 5.29. The maximum Gasteiger partial charge on any atom is 0.278 e. The molecule has 3 N–H and O–H groups in total. The lowest BCUT2D eigenvalue weighted by atomic mass is 9.96. The van der Waals surface area contributed by atoms with E-state index in [1.807, 2.05) is 0 Å². The first-order valence-corrected chi connectivity index (χ1v) is 7.78. The maximum atomic E-state index is 14.2. The number of halogens is 1. The summed E-state index contributed by atoms with van der Waals surface area (Å²) in [5.74, 6) is -0.963. The van der Waals surface area contributed by atoms with Crippen molar-refractivity contribution in [1.82, 2.24) is 10.0 Å². The van der Waals surface area contributed by atoms with E-state index in [0.29, 0.717) is 0 Å². The Balaban J connectivity index is 2.44. The van der Waals surface area contributed by atoms with Gasteiger partial charge in [-0.25, -0.2) is 9.87 Å². The Morgan fingerprint density at radius 2 is 2.12 bits per heavy atom. The lowest BCUT2D eigenvalue weighted by molar-refractivity contribution is 0.0168. The fourth-order valence-corrected chi connectivity index (χ4v) is 2.28. The van der Waals surface area contributed by atoms with Gasteiger partial charge in [0.1, 0.15) is 19.5 Å². The molecule has 0 saturated heterocycles. The fraction of sp³-hybridized carbons (Fsp3) is 0.250. The van der Waals surface area contributed by atoms with Crippen molar-refractivity contribution in [3.8, 4) is 0 Å². The molecule has 2 rings (SSSR count). The predicted octanol–water partition coefficient (Wildman–Crippen LogP) is -0.337. The van der Waals surface area contributed by atoms with Crippen molar-refractivity contribution in [3.05, 3.63) is 52.1 Å². The molecule has 0 atom stereocenters.